The summed E-state index contributed by atoms with van der Waals surface area (Å²) in [5, 5.41) is 3.32. The number of furan rings is 1. The first-order valence-corrected chi connectivity index (χ1v) is 7.48. The van der Waals surface area contributed by atoms with Gasteiger partial charge in [-0.05, 0) is 32.0 Å². The van der Waals surface area contributed by atoms with E-state index in [-0.39, 0.29) is 17.2 Å². The molecule has 128 valence electrons. The zero-order valence-corrected chi connectivity index (χ0v) is 13.5. The van der Waals surface area contributed by atoms with Crippen molar-refractivity contribution in [2.45, 2.75) is 19.9 Å². The van der Waals surface area contributed by atoms with Gasteiger partial charge in [0.25, 0.3) is 11.8 Å². The molecule has 1 atom stereocenters. The molecular weight excluding hydrogens is 327 g/mol. The molecule has 0 saturated carbocycles. The molecule has 25 heavy (non-hydrogen) atoms. The van der Waals surface area contributed by atoms with Crippen LogP contribution in [0.4, 0.5) is 4.39 Å². The quantitative estimate of drug-likeness (QED) is 0.755. The first kappa shape index (κ1) is 16.6. The molecular formula is C17H15FN4O3. The van der Waals surface area contributed by atoms with Crippen LogP contribution in [0.25, 0.3) is 11.0 Å². The van der Waals surface area contributed by atoms with Crippen LogP contribution in [0.2, 0.25) is 0 Å². The van der Waals surface area contributed by atoms with Gasteiger partial charge in [-0.1, -0.05) is 0 Å². The highest BCUT2D eigenvalue weighted by molar-refractivity contribution is 6.04. The summed E-state index contributed by atoms with van der Waals surface area (Å²) >= 11 is 0. The molecule has 0 aliphatic heterocycles. The minimum atomic E-state index is -0.846. The van der Waals surface area contributed by atoms with Gasteiger partial charge in [-0.25, -0.2) is 14.4 Å². The van der Waals surface area contributed by atoms with Crippen LogP contribution in [-0.4, -0.2) is 21.8 Å². The zero-order chi connectivity index (χ0) is 18.1. The van der Waals surface area contributed by atoms with Gasteiger partial charge in [0.1, 0.15) is 17.2 Å². The summed E-state index contributed by atoms with van der Waals surface area (Å²) in [4.78, 5) is 31.4. The number of carbonyl (C=O) groups is 2. The lowest BCUT2D eigenvalue weighted by atomic mass is 10.1. The average Bonchev–Trinajstić information content (AvgIpc) is 2.91. The SMILES string of the molecule is Cc1c([C@@H](C)NC(=O)c2nccnc2C(N)=O)oc2ccc(F)cc12. The molecule has 0 aliphatic carbocycles. The first-order valence-electron chi connectivity index (χ1n) is 7.48. The van der Waals surface area contributed by atoms with Crippen molar-refractivity contribution >= 4 is 22.8 Å². The third-order valence-electron chi connectivity index (χ3n) is 3.82. The van der Waals surface area contributed by atoms with E-state index >= 15 is 0 Å². The Morgan fingerprint density at radius 1 is 1.24 bits per heavy atom. The van der Waals surface area contributed by atoms with Crippen molar-refractivity contribution in [3.63, 3.8) is 0 Å². The highest BCUT2D eigenvalue weighted by Gasteiger charge is 2.23. The fourth-order valence-corrected chi connectivity index (χ4v) is 2.64. The van der Waals surface area contributed by atoms with Crippen LogP contribution in [-0.2, 0) is 0 Å². The summed E-state index contributed by atoms with van der Waals surface area (Å²) in [6.07, 6.45) is 2.57. The molecule has 0 saturated heterocycles. The second-order valence-electron chi connectivity index (χ2n) is 5.54. The molecule has 0 fully saturated rings. The van der Waals surface area contributed by atoms with E-state index in [0.717, 1.165) is 5.56 Å². The predicted molar refractivity (Wildman–Crippen MR) is 87.3 cm³/mol. The van der Waals surface area contributed by atoms with E-state index in [2.05, 4.69) is 15.3 Å². The van der Waals surface area contributed by atoms with Crippen molar-refractivity contribution in [2.24, 2.45) is 5.73 Å². The molecule has 3 N–H and O–H groups in total. The minimum Gasteiger partial charge on any atom is -0.459 e. The predicted octanol–water partition coefficient (Wildman–Crippen LogP) is 2.26. The summed E-state index contributed by atoms with van der Waals surface area (Å²) in [5.41, 5.74) is 6.07. The molecule has 7 nitrogen and oxygen atoms in total. The van der Waals surface area contributed by atoms with Gasteiger partial charge in [0.2, 0.25) is 0 Å². The molecule has 0 aliphatic rings. The number of hydrogen-bond donors (Lipinski definition) is 2. The maximum atomic E-state index is 13.4. The number of amides is 2. The van der Waals surface area contributed by atoms with Gasteiger partial charge in [0, 0.05) is 23.3 Å². The van der Waals surface area contributed by atoms with Crippen LogP contribution in [0.5, 0.6) is 0 Å². The smallest absolute Gasteiger partial charge is 0.272 e. The Morgan fingerprint density at radius 2 is 1.92 bits per heavy atom. The maximum absolute atomic E-state index is 13.4. The number of aromatic nitrogens is 2. The number of carbonyl (C=O) groups excluding carboxylic acids is 2. The van der Waals surface area contributed by atoms with Crippen LogP contribution in [0.3, 0.4) is 0 Å². The second-order valence-corrected chi connectivity index (χ2v) is 5.54. The van der Waals surface area contributed by atoms with Crippen LogP contribution in [0.15, 0.2) is 35.0 Å². The molecule has 1 aromatic carbocycles. The summed E-state index contributed by atoms with van der Waals surface area (Å²) < 4.78 is 19.1. The fraction of sp³-hybridized carbons (Fsp3) is 0.176. The number of nitrogens with zero attached hydrogens (tertiary/aromatic N) is 2. The molecule has 0 bridgehead atoms. The standard InChI is InChI=1S/C17H15FN4O3/c1-8-11-7-10(18)3-4-12(11)25-15(8)9(2)22-17(24)14-13(16(19)23)20-5-6-21-14/h3-7,9H,1-2H3,(H2,19,23)(H,22,24)/t9-/m1/s1. The topological polar surface area (TPSA) is 111 Å². The van der Waals surface area contributed by atoms with E-state index < -0.39 is 17.9 Å². The molecule has 2 aromatic heterocycles. The van der Waals surface area contributed by atoms with Crippen LogP contribution in [0.1, 0.15) is 45.3 Å². The number of fused-ring (bicyclic) bond motifs is 1. The molecule has 3 aromatic rings. The summed E-state index contributed by atoms with van der Waals surface area (Å²) in [7, 11) is 0. The number of hydrogen-bond acceptors (Lipinski definition) is 5. The van der Waals surface area contributed by atoms with Gasteiger partial charge in [-0.2, -0.15) is 0 Å². The van der Waals surface area contributed by atoms with Crippen molar-refractivity contribution in [1.29, 1.82) is 0 Å². The van der Waals surface area contributed by atoms with E-state index in [1.54, 1.807) is 13.8 Å². The molecule has 2 amide bonds. The van der Waals surface area contributed by atoms with Crippen LogP contribution in [0, 0.1) is 12.7 Å². The molecule has 2 heterocycles. The third-order valence-corrected chi connectivity index (χ3v) is 3.82. The summed E-state index contributed by atoms with van der Waals surface area (Å²) in [6, 6.07) is 3.67. The van der Waals surface area contributed by atoms with Crippen LogP contribution < -0.4 is 11.1 Å². The molecule has 0 radical (unpaired) electrons. The first-order chi connectivity index (χ1) is 11.9. The number of aryl methyl sites for hydroxylation is 1. The van der Waals surface area contributed by atoms with Gasteiger partial charge in [-0.15, -0.1) is 0 Å². The largest absolute Gasteiger partial charge is 0.459 e. The highest BCUT2D eigenvalue weighted by atomic mass is 19.1. The molecule has 8 heteroatoms. The minimum absolute atomic E-state index is 0.165. The number of benzene rings is 1. The van der Waals surface area contributed by atoms with E-state index in [9.17, 15) is 14.0 Å². The summed E-state index contributed by atoms with van der Waals surface area (Å²) in [5.74, 6) is -1.34. The van der Waals surface area contributed by atoms with Gasteiger partial charge < -0.3 is 15.5 Å². The Hall–Kier alpha value is -3.29. The maximum Gasteiger partial charge on any atom is 0.272 e. The monoisotopic (exact) mass is 342 g/mol. The second kappa shape index (κ2) is 6.31. The van der Waals surface area contributed by atoms with E-state index in [4.69, 9.17) is 10.2 Å². The van der Waals surface area contributed by atoms with Crippen molar-refractivity contribution in [2.75, 3.05) is 0 Å². The number of nitrogens with two attached hydrogens (primary N) is 1. The number of rotatable bonds is 4. The number of nitrogens with one attached hydrogen (secondary N) is 1. The van der Waals surface area contributed by atoms with E-state index in [0.29, 0.717) is 16.7 Å². The number of halogens is 1. The normalized spacial score (nSPS) is 12.1. The van der Waals surface area contributed by atoms with Crippen molar-refractivity contribution in [1.82, 2.24) is 15.3 Å². The number of primary amides is 1. The van der Waals surface area contributed by atoms with Gasteiger partial charge in [0.15, 0.2) is 11.4 Å². The summed E-state index contributed by atoms with van der Waals surface area (Å²) in [6.45, 7) is 3.49. The van der Waals surface area contributed by atoms with Gasteiger partial charge in [0.05, 0.1) is 6.04 Å². The Balaban J connectivity index is 1.90. The van der Waals surface area contributed by atoms with Gasteiger partial charge >= 0.3 is 0 Å². The van der Waals surface area contributed by atoms with Crippen LogP contribution >= 0.6 is 0 Å². The lowest BCUT2D eigenvalue weighted by Gasteiger charge is -2.13. The van der Waals surface area contributed by atoms with Crippen molar-refractivity contribution in [3.05, 3.63) is 59.1 Å². The Kier molecular flexibility index (Phi) is 4.18. The lowest BCUT2D eigenvalue weighted by molar-refractivity contribution is 0.0913. The lowest BCUT2D eigenvalue weighted by Crippen LogP contribution is -2.30. The van der Waals surface area contributed by atoms with E-state index in [1.165, 1.54) is 30.6 Å². The molecule has 0 unspecified atom stereocenters. The Labute approximate surface area is 142 Å². The fourth-order valence-electron chi connectivity index (χ4n) is 2.64. The average molecular weight is 342 g/mol. The van der Waals surface area contributed by atoms with E-state index in [1.807, 2.05) is 0 Å². The third kappa shape index (κ3) is 3.06. The van der Waals surface area contributed by atoms with Crippen molar-refractivity contribution < 1.29 is 18.4 Å². The molecule has 3 rings (SSSR count). The molecule has 0 spiro atoms. The highest BCUT2D eigenvalue weighted by Crippen LogP contribution is 2.30. The Morgan fingerprint density at radius 3 is 2.60 bits per heavy atom. The Bertz CT molecular complexity index is 983. The van der Waals surface area contributed by atoms with Gasteiger partial charge in [-0.3, -0.25) is 9.59 Å². The zero-order valence-electron chi connectivity index (χ0n) is 13.5. The van der Waals surface area contributed by atoms with Crippen molar-refractivity contribution in [3.8, 4) is 0 Å².